The number of piperazine rings is 1. The maximum absolute atomic E-state index is 14.3. The maximum atomic E-state index is 14.3. The van der Waals surface area contributed by atoms with Gasteiger partial charge in [-0.25, -0.2) is 18.4 Å². The Hall–Kier alpha value is -4.05. The molecule has 2 aromatic carbocycles. The van der Waals surface area contributed by atoms with E-state index >= 15 is 0 Å². The van der Waals surface area contributed by atoms with E-state index in [0.29, 0.717) is 41.5 Å². The van der Waals surface area contributed by atoms with Crippen molar-refractivity contribution >= 4 is 26.6 Å². The van der Waals surface area contributed by atoms with Gasteiger partial charge in [0.25, 0.3) is 0 Å². The van der Waals surface area contributed by atoms with Crippen LogP contribution in [0.25, 0.3) is 11.0 Å². The van der Waals surface area contributed by atoms with Gasteiger partial charge in [-0.05, 0) is 55.7 Å². The fourth-order valence-corrected chi connectivity index (χ4v) is 7.16. The smallest absolute Gasteiger partial charge is 0.215 e. The van der Waals surface area contributed by atoms with Crippen LogP contribution in [-0.4, -0.2) is 67.8 Å². The first kappa shape index (κ1) is 28.7. The quantitative estimate of drug-likeness (QED) is 0.288. The number of rotatable bonds is 9. The molecular formula is C32H34FN7O3S. The van der Waals surface area contributed by atoms with Gasteiger partial charge >= 0.3 is 0 Å². The molecule has 2 aromatic heterocycles. The van der Waals surface area contributed by atoms with E-state index in [1.807, 2.05) is 30.3 Å². The van der Waals surface area contributed by atoms with Crippen LogP contribution in [-0.2, 0) is 34.2 Å². The van der Waals surface area contributed by atoms with E-state index in [1.165, 1.54) is 12.3 Å². The lowest BCUT2D eigenvalue weighted by Gasteiger charge is -2.41. The lowest BCUT2D eigenvalue weighted by atomic mass is 10.1. The van der Waals surface area contributed by atoms with Crippen LogP contribution in [0.15, 0.2) is 59.5 Å². The number of nitrogens with zero attached hydrogens (tertiary/aromatic N) is 6. The summed E-state index contributed by atoms with van der Waals surface area (Å²) in [7, 11) is -2.85. The second kappa shape index (κ2) is 11.5. The first-order valence-corrected chi connectivity index (χ1v) is 16.9. The molecule has 0 amide bonds. The van der Waals surface area contributed by atoms with Gasteiger partial charge < -0.3 is 18.9 Å². The van der Waals surface area contributed by atoms with Gasteiger partial charge in [0.05, 0.1) is 51.6 Å². The normalized spacial score (nSPS) is 22.8. The average molecular weight is 616 g/mol. The predicted molar refractivity (Wildman–Crippen MR) is 163 cm³/mol. The van der Waals surface area contributed by atoms with Crippen LogP contribution in [0, 0.1) is 21.9 Å². The second-order valence-corrected chi connectivity index (χ2v) is 14.1. The third kappa shape index (κ3) is 5.63. The van der Waals surface area contributed by atoms with Gasteiger partial charge in [-0.3, -0.25) is 4.90 Å². The van der Waals surface area contributed by atoms with Crippen molar-refractivity contribution in [2.45, 2.75) is 62.0 Å². The molecule has 0 spiro atoms. The zero-order chi connectivity index (χ0) is 30.4. The summed E-state index contributed by atoms with van der Waals surface area (Å²) in [5.41, 5.74) is 2.40. The number of hydrogen-bond acceptors (Lipinski definition) is 9. The van der Waals surface area contributed by atoms with Gasteiger partial charge in [0, 0.05) is 54.6 Å². The fourth-order valence-electron chi connectivity index (χ4n) is 6.50. The van der Waals surface area contributed by atoms with Crippen LogP contribution in [0.5, 0.6) is 5.88 Å². The first-order chi connectivity index (χ1) is 21.2. The SMILES string of the molecule is CS(=N)(=O)c1ccc2nc(CN3C4CCC3CN(c3cccc(OCc5ccc(C#N)cc5F)n3)C4)n(C[C@@H]3CCO3)c2c1. The van der Waals surface area contributed by atoms with Gasteiger partial charge in [-0.15, -0.1) is 0 Å². The molecule has 3 fully saturated rings. The van der Waals surface area contributed by atoms with E-state index in [2.05, 4.69) is 14.4 Å². The molecular weight excluding hydrogens is 581 g/mol. The topological polar surface area (TPSA) is 120 Å². The summed E-state index contributed by atoms with van der Waals surface area (Å²) in [4.78, 5) is 15.1. The van der Waals surface area contributed by atoms with E-state index in [4.69, 9.17) is 29.5 Å². The van der Waals surface area contributed by atoms with Crippen molar-refractivity contribution in [3.05, 3.63) is 77.4 Å². The largest absolute Gasteiger partial charge is 0.473 e. The third-order valence-electron chi connectivity index (χ3n) is 8.98. The van der Waals surface area contributed by atoms with E-state index in [9.17, 15) is 8.60 Å². The molecule has 12 heteroatoms. The number of fused-ring (bicyclic) bond motifs is 3. The summed E-state index contributed by atoms with van der Waals surface area (Å²) < 4.78 is 48.8. The number of ether oxygens (including phenoxy) is 2. The molecule has 4 aromatic rings. The molecule has 10 nitrogen and oxygen atoms in total. The summed E-state index contributed by atoms with van der Waals surface area (Å²) >= 11 is 0. The van der Waals surface area contributed by atoms with Crippen LogP contribution in [0.4, 0.5) is 10.2 Å². The van der Waals surface area contributed by atoms with Crippen LogP contribution in [0.1, 0.15) is 36.2 Å². The van der Waals surface area contributed by atoms with Crippen molar-refractivity contribution in [1.82, 2.24) is 19.4 Å². The molecule has 7 rings (SSSR count). The van der Waals surface area contributed by atoms with Crippen molar-refractivity contribution in [2.75, 3.05) is 30.9 Å². The van der Waals surface area contributed by atoms with Gasteiger partial charge in [-0.2, -0.15) is 10.2 Å². The second-order valence-electron chi connectivity index (χ2n) is 11.9. The molecule has 3 aliphatic rings. The minimum Gasteiger partial charge on any atom is -0.473 e. The number of benzene rings is 2. The molecule has 0 radical (unpaired) electrons. The number of anilines is 1. The van der Waals surface area contributed by atoms with E-state index < -0.39 is 15.5 Å². The summed E-state index contributed by atoms with van der Waals surface area (Å²) in [6.45, 7) is 3.84. The molecule has 3 aliphatic heterocycles. The van der Waals surface area contributed by atoms with Gasteiger partial charge in [0.1, 0.15) is 24.1 Å². The summed E-state index contributed by atoms with van der Waals surface area (Å²) in [6, 6.07) is 18.1. The molecule has 3 unspecified atom stereocenters. The molecule has 44 heavy (non-hydrogen) atoms. The predicted octanol–water partition coefficient (Wildman–Crippen LogP) is 4.70. The highest BCUT2D eigenvalue weighted by Gasteiger charge is 2.41. The molecule has 0 saturated carbocycles. The number of nitriles is 1. The zero-order valence-corrected chi connectivity index (χ0v) is 25.3. The Kier molecular flexibility index (Phi) is 7.48. The van der Waals surface area contributed by atoms with Gasteiger partial charge in [0.15, 0.2) is 0 Å². The Morgan fingerprint density at radius 3 is 2.59 bits per heavy atom. The molecule has 0 aliphatic carbocycles. The number of halogens is 1. The van der Waals surface area contributed by atoms with Gasteiger partial charge in [-0.1, -0.05) is 12.1 Å². The monoisotopic (exact) mass is 615 g/mol. The molecule has 228 valence electrons. The third-order valence-corrected chi connectivity index (χ3v) is 10.1. The minimum absolute atomic E-state index is 0.0264. The molecule has 2 bridgehead atoms. The Balaban J connectivity index is 1.07. The summed E-state index contributed by atoms with van der Waals surface area (Å²) in [5, 5.41) is 8.98. The number of imidazole rings is 1. The Labute approximate surface area is 256 Å². The van der Waals surface area contributed by atoms with Crippen LogP contribution >= 0.6 is 0 Å². The van der Waals surface area contributed by atoms with Crippen LogP contribution in [0.3, 0.4) is 0 Å². The van der Waals surface area contributed by atoms with Crippen molar-refractivity contribution in [3.8, 4) is 11.9 Å². The van der Waals surface area contributed by atoms with E-state index in [1.54, 1.807) is 24.3 Å². The van der Waals surface area contributed by atoms with Crippen molar-refractivity contribution in [1.29, 1.82) is 10.0 Å². The highest BCUT2D eigenvalue weighted by atomic mass is 32.2. The van der Waals surface area contributed by atoms with E-state index in [-0.39, 0.29) is 18.3 Å². The summed E-state index contributed by atoms with van der Waals surface area (Å²) in [6.07, 6.45) is 4.77. The maximum Gasteiger partial charge on any atom is 0.215 e. The standard InChI is InChI=1S/C32H34FN7O3S/c1-44(35,41)26-9-10-28-29(14-26)40(18-25-11-12-42-25)31(36-28)19-39-23-7-8-24(39)17-38(16-23)30-3-2-4-32(37-30)43-20-22-6-5-21(15-34)13-27(22)33/h2-6,9-10,13-14,23-25,35H,7-8,11-12,16-20H2,1H3/t23?,24?,25-,44?/m0/s1. The molecule has 3 saturated heterocycles. The lowest BCUT2D eigenvalue weighted by Crippen LogP contribution is -2.53. The van der Waals surface area contributed by atoms with E-state index in [0.717, 1.165) is 61.6 Å². The number of hydrogen-bond donors (Lipinski definition) is 1. The summed E-state index contributed by atoms with van der Waals surface area (Å²) in [5.74, 6) is 1.76. The highest BCUT2D eigenvalue weighted by molar-refractivity contribution is 7.91. The van der Waals surface area contributed by atoms with Gasteiger partial charge in [0.2, 0.25) is 5.88 Å². The minimum atomic E-state index is -2.85. The van der Waals surface area contributed by atoms with Crippen LogP contribution < -0.4 is 9.64 Å². The Morgan fingerprint density at radius 1 is 1.11 bits per heavy atom. The van der Waals surface area contributed by atoms with Crippen molar-refractivity contribution in [3.63, 3.8) is 0 Å². The number of nitrogens with one attached hydrogen (secondary N) is 1. The van der Waals surface area contributed by atoms with Crippen molar-refractivity contribution < 1.29 is 18.1 Å². The average Bonchev–Trinajstić information content (AvgIpc) is 3.43. The first-order valence-electron chi connectivity index (χ1n) is 14.9. The van der Waals surface area contributed by atoms with Crippen LogP contribution in [0.2, 0.25) is 0 Å². The molecule has 5 heterocycles. The fraction of sp³-hybridized carbons (Fsp3) is 0.406. The lowest BCUT2D eigenvalue weighted by molar-refractivity contribution is -0.0592. The molecule has 4 atom stereocenters. The molecule has 1 N–H and O–H groups in total. The number of aromatic nitrogens is 3. The Morgan fingerprint density at radius 2 is 1.91 bits per heavy atom. The highest BCUT2D eigenvalue weighted by Crippen LogP contribution is 2.35. The number of pyridine rings is 1. The zero-order valence-electron chi connectivity index (χ0n) is 24.5. The Bertz CT molecular complexity index is 1850. The van der Waals surface area contributed by atoms with Crippen molar-refractivity contribution in [2.24, 2.45) is 0 Å².